The minimum atomic E-state index is -4.92. The first kappa shape index (κ1) is 36.8. The van der Waals surface area contributed by atoms with Crippen LogP contribution in [0.4, 0.5) is 0 Å². The molecule has 0 amide bonds. The number of unbranched alkanes of at least 4 members (excludes halogenated alkanes) is 14. The summed E-state index contributed by atoms with van der Waals surface area (Å²) in [6.45, 7) is 2.24. The van der Waals surface area contributed by atoms with E-state index in [1.54, 1.807) is 0 Å². The molecular formula is C22H39NaO9S. The van der Waals surface area contributed by atoms with Gasteiger partial charge in [0.05, 0.1) is 0 Å². The second-order valence-corrected chi connectivity index (χ2v) is 8.61. The number of Topliss-reactive ketones (excluding diaryl/α,β-unsaturated/α-hetero) is 1. The van der Waals surface area contributed by atoms with E-state index in [-0.39, 0.29) is 36.0 Å². The summed E-state index contributed by atoms with van der Waals surface area (Å²) in [6, 6.07) is 0. The van der Waals surface area contributed by atoms with Gasteiger partial charge in [-0.15, -0.1) is 0 Å². The number of rotatable bonds is 19. The second-order valence-electron chi connectivity index (χ2n) is 7.75. The number of carbonyl (C=O) groups excluding carboxylic acids is 1. The maximum Gasteiger partial charge on any atom is 1.00 e. The molecular weight excluding hydrogens is 463 g/mol. The maximum atomic E-state index is 11.7. The third-order valence-electron chi connectivity index (χ3n) is 4.81. The molecule has 0 aliphatic carbocycles. The third-order valence-corrected chi connectivity index (χ3v) is 4.81. The van der Waals surface area contributed by atoms with Crippen LogP contribution in [0.25, 0.3) is 0 Å². The van der Waals surface area contributed by atoms with Crippen molar-refractivity contribution in [1.82, 2.24) is 0 Å². The van der Waals surface area contributed by atoms with Gasteiger partial charge in [-0.1, -0.05) is 96.8 Å². The van der Waals surface area contributed by atoms with Crippen LogP contribution in [0.2, 0.25) is 0 Å². The molecule has 0 spiro atoms. The van der Waals surface area contributed by atoms with Gasteiger partial charge in [0.25, 0.3) is 0 Å². The molecule has 0 atom stereocenters. The molecule has 0 saturated carbocycles. The first-order valence-corrected chi connectivity index (χ1v) is 12.7. The fourth-order valence-electron chi connectivity index (χ4n) is 3.18. The predicted octanol–water partition coefficient (Wildman–Crippen LogP) is 1.92. The van der Waals surface area contributed by atoms with Crippen molar-refractivity contribution in [3.63, 3.8) is 0 Å². The molecule has 0 bridgehead atoms. The van der Waals surface area contributed by atoms with E-state index in [4.69, 9.17) is 27.7 Å². The van der Waals surface area contributed by atoms with Crippen molar-refractivity contribution in [1.29, 1.82) is 0 Å². The van der Waals surface area contributed by atoms with Crippen LogP contribution >= 0.6 is 0 Å². The van der Waals surface area contributed by atoms with E-state index in [1.165, 1.54) is 70.6 Å². The number of aliphatic carboxylic acids is 2. The van der Waals surface area contributed by atoms with E-state index in [0.29, 0.717) is 12.5 Å². The van der Waals surface area contributed by atoms with Crippen LogP contribution in [0.3, 0.4) is 0 Å². The van der Waals surface area contributed by atoms with Crippen molar-refractivity contribution in [2.24, 2.45) is 0 Å². The molecule has 0 aromatic carbocycles. The minimum Gasteiger partial charge on any atom is -0.726 e. The first-order valence-electron chi connectivity index (χ1n) is 11.4. The number of carboxylic acids is 2. The first-order chi connectivity index (χ1) is 15.0. The monoisotopic (exact) mass is 502 g/mol. The quantitative estimate of drug-likeness (QED) is 0.0454. The van der Waals surface area contributed by atoms with Gasteiger partial charge in [0, 0.05) is 12.5 Å². The van der Waals surface area contributed by atoms with Crippen molar-refractivity contribution in [2.75, 3.05) is 0 Å². The molecule has 0 aromatic heterocycles. The van der Waals surface area contributed by atoms with Crippen molar-refractivity contribution >= 4 is 28.1 Å². The SMILES string of the molecule is CCCCCCCCCCCCCCCCCC(=O)/C(=C\C(=O)O)C(=O)O.O=S(=O)([O-])O.[Na+]. The Balaban J connectivity index is -0.00000134. The van der Waals surface area contributed by atoms with Gasteiger partial charge in [-0.2, -0.15) is 0 Å². The Morgan fingerprint density at radius 2 is 1.03 bits per heavy atom. The fraction of sp³-hybridized carbons (Fsp3) is 0.773. The van der Waals surface area contributed by atoms with Crippen molar-refractivity contribution in [3.05, 3.63) is 11.6 Å². The van der Waals surface area contributed by atoms with Crippen LogP contribution in [0.1, 0.15) is 110 Å². The fourth-order valence-corrected chi connectivity index (χ4v) is 3.18. The van der Waals surface area contributed by atoms with Gasteiger partial charge >= 0.3 is 41.5 Å². The summed E-state index contributed by atoms with van der Waals surface area (Å²) in [7, 11) is -4.92. The predicted molar refractivity (Wildman–Crippen MR) is 120 cm³/mol. The van der Waals surface area contributed by atoms with E-state index in [9.17, 15) is 14.4 Å². The topological polar surface area (TPSA) is 169 Å². The van der Waals surface area contributed by atoms with Crippen LogP contribution < -0.4 is 29.6 Å². The second kappa shape index (κ2) is 24.3. The summed E-state index contributed by atoms with van der Waals surface area (Å²) in [4.78, 5) is 33.2. The van der Waals surface area contributed by atoms with Crippen LogP contribution in [0, 0.1) is 0 Å². The molecule has 0 radical (unpaired) electrons. The largest absolute Gasteiger partial charge is 1.00 e. The molecule has 0 unspecified atom stereocenters. The van der Waals surface area contributed by atoms with Gasteiger partial charge < -0.3 is 14.8 Å². The maximum absolute atomic E-state index is 11.7. The van der Waals surface area contributed by atoms with Crippen molar-refractivity contribution in [3.8, 4) is 0 Å². The molecule has 0 rings (SSSR count). The standard InChI is InChI=1S/C22H38O5.Na.H2O4S/c1-2-3-4-5-6-7-8-9-10-11-12-13-14-15-16-17-20(23)19(22(26)27)18-21(24)25;;1-5(2,3)4/h18H,2-17H2,1H3,(H,24,25)(H,26,27);;(H2,1,2,3,4)/q;+1;/p-1/b19-18+;;. The van der Waals surface area contributed by atoms with Gasteiger partial charge in [0.2, 0.25) is 10.4 Å². The normalized spacial score (nSPS) is 11.2. The summed E-state index contributed by atoms with van der Waals surface area (Å²) in [6.07, 6.45) is 18.9. The van der Waals surface area contributed by atoms with E-state index < -0.39 is 33.7 Å². The van der Waals surface area contributed by atoms with E-state index in [0.717, 1.165) is 19.3 Å². The number of hydrogen-bond acceptors (Lipinski definition) is 6. The van der Waals surface area contributed by atoms with Gasteiger partial charge in [0.1, 0.15) is 5.57 Å². The average molecular weight is 503 g/mol. The smallest absolute Gasteiger partial charge is 0.726 e. The molecule has 0 aromatic rings. The summed E-state index contributed by atoms with van der Waals surface area (Å²) in [5.41, 5.74) is -0.632. The Morgan fingerprint density at radius 3 is 1.30 bits per heavy atom. The zero-order chi connectivity index (χ0) is 24.8. The van der Waals surface area contributed by atoms with E-state index >= 15 is 0 Å². The third kappa shape index (κ3) is 33.5. The summed E-state index contributed by atoms with van der Waals surface area (Å²) in [5.74, 6) is -3.47. The minimum absolute atomic E-state index is 0. The summed E-state index contributed by atoms with van der Waals surface area (Å²) < 4.78 is 32.8. The molecule has 0 aliphatic rings. The molecule has 3 N–H and O–H groups in total. The van der Waals surface area contributed by atoms with Crippen molar-refractivity contribution < 1.29 is 71.7 Å². The Bertz CT molecular complexity index is 653. The van der Waals surface area contributed by atoms with Crippen LogP contribution in [-0.4, -0.2) is 45.5 Å². The average Bonchev–Trinajstić information content (AvgIpc) is 2.67. The summed E-state index contributed by atoms with van der Waals surface area (Å²) in [5, 5.41) is 17.5. The Hall–Kier alpha value is -0.780. The molecule has 9 nitrogen and oxygen atoms in total. The molecule has 33 heavy (non-hydrogen) atoms. The number of ketones is 1. The van der Waals surface area contributed by atoms with Crippen molar-refractivity contribution in [2.45, 2.75) is 110 Å². The van der Waals surface area contributed by atoms with Gasteiger partial charge in [-0.05, 0) is 6.42 Å². The Labute approximate surface area is 220 Å². The number of carboxylic acid groups (broad SMARTS) is 2. The van der Waals surface area contributed by atoms with Crippen LogP contribution in [-0.2, 0) is 24.8 Å². The van der Waals surface area contributed by atoms with Gasteiger partial charge in [-0.25, -0.2) is 18.0 Å². The molecule has 0 heterocycles. The number of carbonyl (C=O) groups is 3. The van der Waals surface area contributed by atoms with E-state index in [1.807, 2.05) is 0 Å². The Morgan fingerprint density at radius 1 is 0.727 bits per heavy atom. The molecule has 188 valence electrons. The molecule has 0 fully saturated rings. The van der Waals surface area contributed by atoms with E-state index in [2.05, 4.69) is 6.92 Å². The van der Waals surface area contributed by atoms with Gasteiger partial charge in [0.15, 0.2) is 5.78 Å². The zero-order valence-corrected chi connectivity index (χ0v) is 22.9. The van der Waals surface area contributed by atoms with Gasteiger partial charge in [-0.3, -0.25) is 9.35 Å². The molecule has 0 saturated heterocycles. The molecule has 0 aliphatic heterocycles. The zero-order valence-electron chi connectivity index (χ0n) is 20.1. The Kier molecular flexibility index (Phi) is 27.1. The van der Waals surface area contributed by atoms with Crippen LogP contribution in [0.15, 0.2) is 11.6 Å². The van der Waals surface area contributed by atoms with Crippen LogP contribution in [0.5, 0.6) is 0 Å². The molecule has 11 heteroatoms. The summed E-state index contributed by atoms with van der Waals surface area (Å²) >= 11 is 0. The number of hydrogen-bond donors (Lipinski definition) is 3.